The van der Waals surface area contributed by atoms with Gasteiger partial charge >= 0.3 is 6.03 Å². The van der Waals surface area contributed by atoms with Gasteiger partial charge in [-0.15, -0.1) is 0 Å². The summed E-state index contributed by atoms with van der Waals surface area (Å²) in [5.41, 5.74) is 18.5. The van der Waals surface area contributed by atoms with Gasteiger partial charge in [-0.05, 0) is 40.3 Å². The maximum atomic E-state index is 13.0. The van der Waals surface area contributed by atoms with Gasteiger partial charge in [-0.3, -0.25) is 14.6 Å². The highest BCUT2D eigenvalue weighted by Crippen LogP contribution is 2.16. The molecular weight excluding hydrogens is 470 g/mol. The number of benzene rings is 3. The summed E-state index contributed by atoms with van der Waals surface area (Å²) in [6.07, 6.45) is 1.06. The van der Waals surface area contributed by atoms with Gasteiger partial charge in [-0.25, -0.2) is 4.79 Å². The summed E-state index contributed by atoms with van der Waals surface area (Å²) in [6.45, 7) is 0.962. The van der Waals surface area contributed by atoms with Crippen LogP contribution in [0.3, 0.4) is 0 Å². The molecule has 0 saturated heterocycles. The van der Waals surface area contributed by atoms with Gasteiger partial charge in [0.15, 0.2) is 5.96 Å². The second-order valence-corrected chi connectivity index (χ2v) is 8.68. The van der Waals surface area contributed by atoms with E-state index >= 15 is 0 Å². The molecule has 0 radical (unpaired) electrons. The van der Waals surface area contributed by atoms with Crippen LogP contribution in [0.25, 0.3) is 10.8 Å². The Morgan fingerprint density at radius 1 is 0.784 bits per heavy atom. The first-order valence-corrected chi connectivity index (χ1v) is 12.0. The van der Waals surface area contributed by atoms with E-state index in [9.17, 15) is 14.4 Å². The van der Waals surface area contributed by atoms with Crippen LogP contribution >= 0.6 is 0 Å². The molecule has 0 aromatic heterocycles. The van der Waals surface area contributed by atoms with Gasteiger partial charge in [-0.2, -0.15) is 0 Å². The summed E-state index contributed by atoms with van der Waals surface area (Å²) in [4.78, 5) is 40.6. The maximum absolute atomic E-state index is 13.0. The van der Waals surface area contributed by atoms with Crippen molar-refractivity contribution in [3.05, 3.63) is 83.4 Å². The van der Waals surface area contributed by atoms with Gasteiger partial charge in [0.25, 0.3) is 0 Å². The van der Waals surface area contributed by atoms with E-state index in [0.717, 1.165) is 27.5 Å². The Kier molecular flexibility index (Phi) is 9.83. The molecule has 3 rings (SSSR count). The number of hydrogen-bond acceptors (Lipinski definition) is 4. The Morgan fingerprint density at radius 3 is 2.05 bits per heavy atom. The largest absolute Gasteiger partial charge is 0.370 e. The summed E-state index contributed by atoms with van der Waals surface area (Å²) in [5.74, 6) is -0.560. The molecule has 0 aliphatic carbocycles. The zero-order valence-corrected chi connectivity index (χ0v) is 20.6. The molecule has 10 nitrogen and oxygen atoms in total. The first-order chi connectivity index (χ1) is 17.8. The Bertz CT molecular complexity index is 1250. The molecule has 0 aliphatic heterocycles. The van der Waals surface area contributed by atoms with Crippen molar-refractivity contribution < 1.29 is 14.4 Å². The summed E-state index contributed by atoms with van der Waals surface area (Å²) in [6, 6.07) is 19.9. The SMILES string of the molecule is NC(=O)NCc1ccc(CNC(=O)[C@@H](CCCN=C(N)N)NC(=O)Cc2ccc3ccccc3c2)cc1. The predicted octanol–water partition coefficient (Wildman–Crippen LogP) is 1.41. The quantitative estimate of drug-likeness (QED) is 0.124. The van der Waals surface area contributed by atoms with Crippen molar-refractivity contribution in [1.29, 1.82) is 0 Å². The van der Waals surface area contributed by atoms with Crippen molar-refractivity contribution >= 4 is 34.6 Å². The second kappa shape index (κ2) is 13.5. The van der Waals surface area contributed by atoms with Crippen LogP contribution in [0, 0.1) is 0 Å². The minimum atomic E-state index is -0.735. The number of urea groups is 1. The van der Waals surface area contributed by atoms with Crippen LogP contribution in [-0.2, 0) is 29.1 Å². The fourth-order valence-electron chi connectivity index (χ4n) is 3.83. The Hall–Kier alpha value is -4.60. The highest BCUT2D eigenvalue weighted by atomic mass is 16.2. The minimum Gasteiger partial charge on any atom is -0.370 e. The van der Waals surface area contributed by atoms with Crippen molar-refractivity contribution in [3.8, 4) is 0 Å². The molecule has 0 bridgehead atoms. The van der Waals surface area contributed by atoms with E-state index in [2.05, 4.69) is 20.9 Å². The summed E-state index contributed by atoms with van der Waals surface area (Å²) >= 11 is 0. The third-order valence-corrected chi connectivity index (χ3v) is 5.73. The highest BCUT2D eigenvalue weighted by molar-refractivity contribution is 5.89. The number of carbonyl (C=O) groups excluding carboxylic acids is 3. The molecule has 194 valence electrons. The predicted molar refractivity (Wildman–Crippen MR) is 144 cm³/mol. The molecule has 3 aromatic carbocycles. The monoisotopic (exact) mass is 503 g/mol. The lowest BCUT2D eigenvalue weighted by Gasteiger charge is -2.18. The molecule has 3 aromatic rings. The number of amides is 4. The molecule has 0 spiro atoms. The van der Waals surface area contributed by atoms with Crippen molar-refractivity contribution in [1.82, 2.24) is 16.0 Å². The number of guanidine groups is 1. The number of primary amides is 1. The Morgan fingerprint density at radius 2 is 1.41 bits per heavy atom. The number of carbonyl (C=O) groups is 3. The summed E-state index contributed by atoms with van der Waals surface area (Å²) in [7, 11) is 0. The number of nitrogens with zero attached hydrogens (tertiary/aromatic N) is 1. The topological polar surface area (TPSA) is 178 Å². The van der Waals surface area contributed by atoms with Crippen LogP contribution in [0.4, 0.5) is 4.79 Å². The molecule has 10 heteroatoms. The minimum absolute atomic E-state index is 0.0178. The fourth-order valence-corrected chi connectivity index (χ4v) is 3.83. The third kappa shape index (κ3) is 9.17. The second-order valence-electron chi connectivity index (χ2n) is 8.68. The van der Waals surface area contributed by atoms with E-state index in [4.69, 9.17) is 17.2 Å². The summed E-state index contributed by atoms with van der Waals surface area (Å²) < 4.78 is 0. The molecular formula is C27H33N7O3. The number of nitrogens with two attached hydrogens (primary N) is 3. The van der Waals surface area contributed by atoms with Crippen LogP contribution in [0.1, 0.15) is 29.5 Å². The maximum Gasteiger partial charge on any atom is 0.312 e. The Labute approximate surface area is 215 Å². The zero-order chi connectivity index (χ0) is 26.6. The fraction of sp³-hybridized carbons (Fsp3) is 0.259. The summed E-state index contributed by atoms with van der Waals surface area (Å²) in [5, 5.41) is 10.4. The molecule has 1 atom stereocenters. The van der Waals surface area contributed by atoms with Gasteiger partial charge in [-0.1, -0.05) is 66.7 Å². The third-order valence-electron chi connectivity index (χ3n) is 5.73. The van der Waals surface area contributed by atoms with E-state index in [1.54, 1.807) is 0 Å². The highest BCUT2D eigenvalue weighted by Gasteiger charge is 2.20. The first kappa shape index (κ1) is 27.0. The van der Waals surface area contributed by atoms with E-state index < -0.39 is 12.1 Å². The van der Waals surface area contributed by atoms with Crippen LogP contribution in [0.15, 0.2) is 71.7 Å². The van der Waals surface area contributed by atoms with Gasteiger partial charge < -0.3 is 33.2 Å². The molecule has 37 heavy (non-hydrogen) atoms. The van der Waals surface area contributed by atoms with E-state index in [-0.39, 0.29) is 30.7 Å². The molecule has 0 fully saturated rings. The molecule has 0 unspecified atom stereocenters. The normalized spacial score (nSPS) is 11.4. The number of fused-ring (bicyclic) bond motifs is 1. The van der Waals surface area contributed by atoms with Gasteiger partial charge in [0.2, 0.25) is 11.8 Å². The van der Waals surface area contributed by atoms with E-state index in [0.29, 0.717) is 25.9 Å². The standard InChI is InChI=1S/C27H33N7O3/c28-26(29)31-13-3-6-23(25(36)32-16-18-7-9-19(10-8-18)17-33-27(30)37)34-24(35)15-20-11-12-21-4-1-2-5-22(21)14-20/h1-2,4-5,7-12,14,23H,3,6,13,15-17H2,(H,32,36)(H,34,35)(H4,28,29,31)(H3,30,33,37)/t23-/m1/s1. The average molecular weight is 504 g/mol. The smallest absolute Gasteiger partial charge is 0.312 e. The molecule has 9 N–H and O–H groups in total. The van der Waals surface area contributed by atoms with Gasteiger partial charge in [0.05, 0.1) is 6.42 Å². The van der Waals surface area contributed by atoms with Crippen LogP contribution in [-0.4, -0.2) is 36.4 Å². The van der Waals surface area contributed by atoms with E-state index in [1.807, 2.05) is 66.7 Å². The molecule has 0 saturated carbocycles. The van der Waals surface area contributed by atoms with Crippen molar-refractivity contribution in [2.75, 3.05) is 6.54 Å². The van der Waals surface area contributed by atoms with Crippen molar-refractivity contribution in [2.45, 2.75) is 38.4 Å². The molecule has 4 amide bonds. The van der Waals surface area contributed by atoms with Crippen LogP contribution in [0.2, 0.25) is 0 Å². The lowest BCUT2D eigenvalue weighted by atomic mass is 10.0. The number of hydrogen-bond donors (Lipinski definition) is 6. The lowest BCUT2D eigenvalue weighted by molar-refractivity contribution is -0.129. The average Bonchev–Trinajstić information content (AvgIpc) is 2.88. The lowest BCUT2D eigenvalue weighted by Crippen LogP contribution is -2.47. The number of nitrogens with one attached hydrogen (secondary N) is 3. The van der Waals surface area contributed by atoms with E-state index in [1.165, 1.54) is 0 Å². The molecule has 0 aliphatic rings. The van der Waals surface area contributed by atoms with Crippen molar-refractivity contribution in [3.63, 3.8) is 0 Å². The first-order valence-electron chi connectivity index (χ1n) is 12.0. The molecule has 0 heterocycles. The van der Waals surface area contributed by atoms with Gasteiger partial charge in [0.1, 0.15) is 6.04 Å². The van der Waals surface area contributed by atoms with Crippen LogP contribution in [0.5, 0.6) is 0 Å². The number of aliphatic imine (C=N–C) groups is 1. The zero-order valence-electron chi connectivity index (χ0n) is 20.6. The number of rotatable bonds is 12. The van der Waals surface area contributed by atoms with Crippen LogP contribution < -0.4 is 33.2 Å². The van der Waals surface area contributed by atoms with Gasteiger partial charge in [0, 0.05) is 19.6 Å². The Balaban J connectivity index is 1.59. The van der Waals surface area contributed by atoms with Crippen molar-refractivity contribution in [2.24, 2.45) is 22.2 Å².